The van der Waals surface area contributed by atoms with Crippen molar-refractivity contribution >= 4 is 11.6 Å². The van der Waals surface area contributed by atoms with Crippen LogP contribution in [0, 0.1) is 11.6 Å². The Morgan fingerprint density at radius 1 is 1.07 bits per heavy atom. The third-order valence-corrected chi connectivity index (χ3v) is 4.45. The molecule has 1 aromatic heterocycles. The minimum Gasteiger partial charge on any atom is -0.487 e. The minimum atomic E-state index is -0.346. The summed E-state index contributed by atoms with van der Waals surface area (Å²) < 4.78 is 33.4. The number of amides is 1. The topological polar surface area (TPSA) is 47.4 Å². The van der Waals surface area contributed by atoms with E-state index in [1.165, 1.54) is 36.4 Å². The van der Waals surface area contributed by atoms with Crippen LogP contribution in [0.4, 0.5) is 14.5 Å². The highest BCUT2D eigenvalue weighted by Crippen LogP contribution is 2.27. The lowest BCUT2D eigenvalue weighted by Gasteiger charge is -2.31. The fourth-order valence-electron chi connectivity index (χ4n) is 3.11. The average Bonchev–Trinajstić information content (AvgIpc) is 3.10. The molecular formula is C20H17F2N3O2. The van der Waals surface area contributed by atoms with E-state index in [2.05, 4.69) is 5.10 Å². The number of aromatic nitrogens is 2. The molecule has 0 saturated heterocycles. The summed E-state index contributed by atoms with van der Waals surface area (Å²) in [4.78, 5) is 14.5. The maximum absolute atomic E-state index is 13.2. The van der Waals surface area contributed by atoms with Crippen LogP contribution >= 0.6 is 0 Å². The first-order valence-electron chi connectivity index (χ1n) is 8.55. The second-order valence-corrected chi connectivity index (χ2v) is 6.45. The number of carbonyl (C=O) groups excluding carboxylic acids is 1. The number of benzene rings is 2. The van der Waals surface area contributed by atoms with Crippen molar-refractivity contribution in [3.8, 4) is 5.75 Å². The number of hydrogen-bond acceptors (Lipinski definition) is 3. The van der Waals surface area contributed by atoms with Crippen molar-refractivity contribution in [2.45, 2.75) is 19.6 Å². The normalized spacial score (nSPS) is 16.3. The fourth-order valence-corrected chi connectivity index (χ4v) is 3.11. The average molecular weight is 369 g/mol. The van der Waals surface area contributed by atoms with Crippen LogP contribution in [-0.4, -0.2) is 22.2 Å². The zero-order chi connectivity index (χ0) is 19.0. The Morgan fingerprint density at radius 3 is 2.37 bits per heavy atom. The fraction of sp³-hybridized carbons (Fsp3) is 0.200. The van der Waals surface area contributed by atoms with Crippen LogP contribution in [0.15, 0.2) is 54.6 Å². The van der Waals surface area contributed by atoms with E-state index >= 15 is 0 Å². The predicted octanol–water partition coefficient (Wildman–Crippen LogP) is 3.96. The maximum atomic E-state index is 13.2. The van der Waals surface area contributed by atoms with E-state index in [0.29, 0.717) is 29.4 Å². The van der Waals surface area contributed by atoms with Crippen molar-refractivity contribution < 1.29 is 18.3 Å². The molecule has 0 radical (unpaired) electrons. The Hall–Kier alpha value is -3.22. The quantitative estimate of drug-likeness (QED) is 0.699. The van der Waals surface area contributed by atoms with Crippen molar-refractivity contribution in [2.75, 3.05) is 11.4 Å². The SMILES string of the molecule is CC1CN(c2ccc(F)cc2)C(=O)c2cc(COc3ccc(F)cc3)nn21. The van der Waals surface area contributed by atoms with Crippen molar-refractivity contribution in [3.63, 3.8) is 0 Å². The van der Waals surface area contributed by atoms with Crippen LogP contribution in [0.25, 0.3) is 0 Å². The first-order valence-corrected chi connectivity index (χ1v) is 8.55. The molecule has 3 aromatic rings. The van der Waals surface area contributed by atoms with Gasteiger partial charge in [-0.05, 0) is 61.5 Å². The molecule has 5 nitrogen and oxygen atoms in total. The molecule has 0 saturated carbocycles. The molecule has 1 aliphatic heterocycles. The van der Waals surface area contributed by atoms with Crippen molar-refractivity contribution in [3.05, 3.63) is 77.6 Å². The second kappa shape index (κ2) is 6.83. The minimum absolute atomic E-state index is 0.0395. The second-order valence-electron chi connectivity index (χ2n) is 6.45. The maximum Gasteiger partial charge on any atom is 0.276 e. The number of carbonyl (C=O) groups is 1. The molecule has 1 amide bonds. The molecule has 0 fully saturated rings. The van der Waals surface area contributed by atoms with Crippen LogP contribution in [-0.2, 0) is 6.61 Å². The molecule has 0 aliphatic carbocycles. The Labute approximate surface area is 154 Å². The number of ether oxygens (including phenoxy) is 1. The third kappa shape index (κ3) is 3.40. The number of halogens is 2. The Kier molecular flexibility index (Phi) is 4.35. The van der Waals surface area contributed by atoms with Crippen LogP contribution in [0.5, 0.6) is 5.75 Å². The van der Waals surface area contributed by atoms with Gasteiger partial charge in [-0.2, -0.15) is 5.10 Å². The van der Waals surface area contributed by atoms with Crippen LogP contribution < -0.4 is 9.64 Å². The number of rotatable bonds is 4. The highest BCUT2D eigenvalue weighted by Gasteiger charge is 2.31. The van der Waals surface area contributed by atoms with E-state index in [4.69, 9.17) is 4.74 Å². The zero-order valence-corrected chi connectivity index (χ0v) is 14.6. The summed E-state index contributed by atoms with van der Waals surface area (Å²) in [5.41, 5.74) is 1.70. The number of nitrogens with zero attached hydrogens (tertiary/aromatic N) is 3. The van der Waals surface area contributed by atoms with Gasteiger partial charge in [0.15, 0.2) is 0 Å². The van der Waals surface area contributed by atoms with E-state index in [1.54, 1.807) is 27.8 Å². The molecule has 1 aliphatic rings. The van der Waals surface area contributed by atoms with Gasteiger partial charge in [0, 0.05) is 12.2 Å². The lowest BCUT2D eigenvalue weighted by molar-refractivity contribution is 0.0953. The molecule has 1 atom stereocenters. The molecule has 4 rings (SSSR count). The van der Waals surface area contributed by atoms with Crippen LogP contribution in [0.2, 0.25) is 0 Å². The Morgan fingerprint density at radius 2 is 1.70 bits per heavy atom. The van der Waals surface area contributed by atoms with Gasteiger partial charge in [-0.1, -0.05) is 0 Å². The predicted molar refractivity (Wildman–Crippen MR) is 95.7 cm³/mol. The largest absolute Gasteiger partial charge is 0.487 e. The van der Waals surface area contributed by atoms with E-state index in [-0.39, 0.29) is 30.2 Å². The van der Waals surface area contributed by atoms with Gasteiger partial charge in [-0.25, -0.2) is 8.78 Å². The molecule has 0 bridgehead atoms. The summed E-state index contributed by atoms with van der Waals surface area (Å²) in [6.07, 6.45) is 0. The lowest BCUT2D eigenvalue weighted by Crippen LogP contribution is -2.42. The van der Waals surface area contributed by atoms with Gasteiger partial charge in [0.1, 0.15) is 35.4 Å². The van der Waals surface area contributed by atoms with Crippen molar-refractivity contribution in [1.82, 2.24) is 9.78 Å². The van der Waals surface area contributed by atoms with Gasteiger partial charge in [0.2, 0.25) is 0 Å². The highest BCUT2D eigenvalue weighted by atomic mass is 19.1. The lowest BCUT2D eigenvalue weighted by atomic mass is 10.1. The summed E-state index contributed by atoms with van der Waals surface area (Å²) >= 11 is 0. The van der Waals surface area contributed by atoms with Gasteiger partial charge in [0.05, 0.1) is 6.04 Å². The van der Waals surface area contributed by atoms with Gasteiger partial charge >= 0.3 is 0 Å². The number of fused-ring (bicyclic) bond motifs is 1. The smallest absolute Gasteiger partial charge is 0.276 e. The van der Waals surface area contributed by atoms with Gasteiger partial charge < -0.3 is 9.64 Å². The van der Waals surface area contributed by atoms with Gasteiger partial charge in [-0.15, -0.1) is 0 Å². The number of hydrogen-bond donors (Lipinski definition) is 0. The monoisotopic (exact) mass is 369 g/mol. The summed E-state index contributed by atoms with van der Waals surface area (Å²) in [5, 5.41) is 4.47. The molecule has 0 N–H and O–H groups in total. The first-order chi connectivity index (χ1) is 13.0. The highest BCUT2D eigenvalue weighted by molar-refractivity contribution is 6.05. The van der Waals surface area contributed by atoms with Crippen LogP contribution in [0.1, 0.15) is 29.1 Å². The summed E-state index contributed by atoms with van der Waals surface area (Å²) in [6, 6.07) is 13.2. The van der Waals surface area contributed by atoms with E-state index in [0.717, 1.165) is 0 Å². The van der Waals surface area contributed by atoms with Crippen molar-refractivity contribution in [2.24, 2.45) is 0 Å². The molecule has 2 aromatic carbocycles. The Bertz CT molecular complexity index is 968. The van der Waals surface area contributed by atoms with Gasteiger partial charge in [-0.3, -0.25) is 9.48 Å². The molecular weight excluding hydrogens is 352 g/mol. The van der Waals surface area contributed by atoms with Gasteiger partial charge in [0.25, 0.3) is 5.91 Å². The molecule has 1 unspecified atom stereocenters. The molecule has 0 spiro atoms. The first kappa shape index (κ1) is 17.2. The molecule has 7 heteroatoms. The zero-order valence-electron chi connectivity index (χ0n) is 14.6. The van der Waals surface area contributed by atoms with Crippen LogP contribution in [0.3, 0.4) is 0 Å². The summed E-state index contributed by atoms with van der Waals surface area (Å²) in [7, 11) is 0. The third-order valence-electron chi connectivity index (χ3n) is 4.45. The standard InChI is InChI=1S/C20H17F2N3O2/c1-13-11-24(17-6-2-14(21)3-7-17)20(26)19-10-16(23-25(13)19)12-27-18-8-4-15(22)5-9-18/h2-10,13H,11-12H2,1H3. The summed E-state index contributed by atoms with van der Waals surface area (Å²) in [5.74, 6) is -0.350. The molecule has 2 heterocycles. The number of anilines is 1. The van der Waals surface area contributed by atoms with E-state index < -0.39 is 0 Å². The summed E-state index contributed by atoms with van der Waals surface area (Å²) in [6.45, 7) is 2.57. The molecule has 27 heavy (non-hydrogen) atoms. The van der Waals surface area contributed by atoms with E-state index in [9.17, 15) is 13.6 Å². The van der Waals surface area contributed by atoms with Crippen molar-refractivity contribution in [1.29, 1.82) is 0 Å². The Balaban J connectivity index is 1.54. The van der Waals surface area contributed by atoms with E-state index in [1.807, 2.05) is 6.92 Å². The molecule has 138 valence electrons.